The highest BCUT2D eigenvalue weighted by atomic mass is 32.2. The van der Waals surface area contributed by atoms with Gasteiger partial charge in [0.2, 0.25) is 0 Å². The predicted octanol–water partition coefficient (Wildman–Crippen LogP) is 3.43. The minimum atomic E-state index is -5.08. The van der Waals surface area contributed by atoms with E-state index in [9.17, 15) is 26.4 Å². The highest BCUT2D eigenvalue weighted by molar-refractivity contribution is 7.92. The molecule has 0 spiro atoms. The van der Waals surface area contributed by atoms with Gasteiger partial charge in [0.1, 0.15) is 0 Å². The maximum Gasteiger partial charge on any atom is 0.490 e. The topological polar surface area (TPSA) is 122 Å². The summed E-state index contributed by atoms with van der Waals surface area (Å²) in [7, 11) is -1.75. The van der Waals surface area contributed by atoms with E-state index in [-0.39, 0.29) is 10.8 Å². The minimum Gasteiger partial charge on any atom is -0.475 e. The molecule has 232 valence electrons. The van der Waals surface area contributed by atoms with Crippen LogP contribution in [0, 0.1) is 0 Å². The van der Waals surface area contributed by atoms with Crippen LogP contribution >= 0.6 is 0 Å². The van der Waals surface area contributed by atoms with Crippen molar-refractivity contribution in [2.75, 3.05) is 69.0 Å². The molecule has 2 fully saturated rings. The number of sulfonamides is 1. The molecule has 0 atom stereocenters. The predicted molar refractivity (Wildman–Crippen MR) is 155 cm³/mol. The van der Waals surface area contributed by atoms with Crippen LogP contribution in [0.25, 0.3) is 0 Å². The van der Waals surface area contributed by atoms with Crippen LogP contribution < -0.4 is 14.9 Å². The van der Waals surface area contributed by atoms with Crippen LogP contribution in [0.5, 0.6) is 0 Å². The SMILES string of the molecule is CC(C)c1ccc(S(=O)(=O)Nc2cc(C(=O)N3CCCN(C)CC3)ccc2N2CCNCC2)cc1.O=C(O)C(F)(F)F. The fraction of sp³-hybridized carbons (Fsp3) is 0.500. The number of nitrogens with one attached hydrogen (secondary N) is 2. The number of amides is 1. The van der Waals surface area contributed by atoms with Gasteiger partial charge in [0, 0.05) is 51.4 Å². The Balaban J connectivity index is 0.000000616. The molecular formula is C28H38F3N5O5S. The third-order valence-corrected chi connectivity index (χ3v) is 8.43. The highest BCUT2D eigenvalue weighted by Gasteiger charge is 2.38. The number of benzene rings is 2. The molecule has 4 rings (SSSR count). The standard InChI is InChI=1S/C26H37N5O3S.C2HF3O2/c1-20(2)21-5-8-23(9-6-21)35(33,34)28-24-19-22(7-10-25(24)30-15-11-27-12-16-30)26(32)31-14-4-13-29(3)17-18-31;3-2(4,5)1(6)7/h5-10,19-20,27-28H,4,11-18H2,1-3H3;(H,6,7). The van der Waals surface area contributed by atoms with E-state index >= 15 is 0 Å². The van der Waals surface area contributed by atoms with Crippen LogP contribution in [0.15, 0.2) is 47.4 Å². The lowest BCUT2D eigenvalue weighted by molar-refractivity contribution is -0.192. The van der Waals surface area contributed by atoms with Crippen molar-refractivity contribution < 1.29 is 36.3 Å². The lowest BCUT2D eigenvalue weighted by Crippen LogP contribution is -2.43. The lowest BCUT2D eigenvalue weighted by atomic mass is 10.0. The summed E-state index contributed by atoms with van der Waals surface area (Å²) < 4.78 is 61.2. The molecule has 1 amide bonds. The van der Waals surface area contributed by atoms with Crippen LogP contribution in [0.1, 0.15) is 42.1 Å². The summed E-state index contributed by atoms with van der Waals surface area (Å²) in [5.74, 6) is -2.50. The van der Waals surface area contributed by atoms with E-state index in [0.29, 0.717) is 30.3 Å². The number of carbonyl (C=O) groups excluding carboxylic acids is 1. The van der Waals surface area contributed by atoms with Crippen molar-refractivity contribution in [3.63, 3.8) is 0 Å². The summed E-state index contributed by atoms with van der Waals surface area (Å²) >= 11 is 0. The molecule has 0 saturated carbocycles. The Morgan fingerprint density at radius 3 is 2.14 bits per heavy atom. The molecule has 0 bridgehead atoms. The third-order valence-electron chi connectivity index (χ3n) is 7.05. The van der Waals surface area contributed by atoms with Gasteiger partial charge in [-0.05, 0) is 61.8 Å². The summed E-state index contributed by atoms with van der Waals surface area (Å²) in [4.78, 5) is 28.7. The number of carboxylic acid groups (broad SMARTS) is 1. The monoisotopic (exact) mass is 613 g/mol. The molecule has 3 N–H and O–H groups in total. The molecule has 2 saturated heterocycles. The number of piperazine rings is 1. The molecule has 2 aromatic carbocycles. The van der Waals surface area contributed by atoms with E-state index in [2.05, 4.69) is 40.7 Å². The number of halogens is 3. The second kappa shape index (κ2) is 14.2. The fourth-order valence-electron chi connectivity index (χ4n) is 4.60. The third kappa shape index (κ3) is 9.07. The molecule has 2 aliphatic rings. The van der Waals surface area contributed by atoms with Gasteiger partial charge in [-0.2, -0.15) is 13.2 Å². The number of hydrogen-bond donors (Lipinski definition) is 3. The number of carboxylic acids is 1. The Hall–Kier alpha value is -3.36. The number of nitrogens with zero attached hydrogens (tertiary/aromatic N) is 3. The van der Waals surface area contributed by atoms with Gasteiger partial charge in [-0.15, -0.1) is 0 Å². The maximum absolute atomic E-state index is 13.3. The van der Waals surface area contributed by atoms with E-state index in [0.717, 1.165) is 56.9 Å². The zero-order valence-electron chi connectivity index (χ0n) is 23.9. The zero-order valence-corrected chi connectivity index (χ0v) is 24.8. The molecule has 2 aromatic rings. The molecule has 0 aromatic heterocycles. The van der Waals surface area contributed by atoms with Crippen molar-refractivity contribution in [1.82, 2.24) is 15.1 Å². The van der Waals surface area contributed by atoms with E-state index in [1.165, 1.54) is 0 Å². The molecule has 14 heteroatoms. The molecule has 2 aliphatic heterocycles. The van der Waals surface area contributed by atoms with Crippen LogP contribution in [-0.4, -0.2) is 101 Å². The number of anilines is 2. The van der Waals surface area contributed by atoms with Crippen LogP contribution in [0.2, 0.25) is 0 Å². The first-order valence-corrected chi connectivity index (χ1v) is 15.2. The second-order valence-corrected chi connectivity index (χ2v) is 12.2. The minimum absolute atomic E-state index is 0.0612. The van der Waals surface area contributed by atoms with Crippen molar-refractivity contribution in [2.24, 2.45) is 0 Å². The Bertz CT molecular complexity index is 1330. The molecule has 0 unspecified atom stereocenters. The van der Waals surface area contributed by atoms with E-state index in [4.69, 9.17) is 9.90 Å². The molecule has 0 aliphatic carbocycles. The largest absolute Gasteiger partial charge is 0.490 e. The number of rotatable bonds is 6. The van der Waals surface area contributed by atoms with Gasteiger partial charge in [-0.25, -0.2) is 13.2 Å². The molecule has 0 radical (unpaired) electrons. The fourth-order valence-corrected chi connectivity index (χ4v) is 5.67. The first-order chi connectivity index (χ1) is 19.7. The number of alkyl halides is 3. The second-order valence-electron chi connectivity index (χ2n) is 10.6. The van der Waals surface area contributed by atoms with Crippen molar-refractivity contribution in [2.45, 2.75) is 37.3 Å². The van der Waals surface area contributed by atoms with Crippen molar-refractivity contribution in [1.29, 1.82) is 0 Å². The molecule has 10 nitrogen and oxygen atoms in total. The number of likely N-dealkylation sites (N-methyl/N-ethyl adjacent to an activating group) is 1. The average Bonchev–Trinajstić information content (AvgIpc) is 3.17. The number of hydrogen-bond acceptors (Lipinski definition) is 7. The van der Waals surface area contributed by atoms with Gasteiger partial charge in [0.15, 0.2) is 0 Å². The lowest BCUT2D eigenvalue weighted by Gasteiger charge is -2.31. The van der Waals surface area contributed by atoms with Crippen molar-refractivity contribution >= 4 is 33.3 Å². The van der Waals surface area contributed by atoms with Crippen LogP contribution in [0.3, 0.4) is 0 Å². The smallest absolute Gasteiger partial charge is 0.475 e. The summed E-state index contributed by atoms with van der Waals surface area (Å²) in [6, 6.07) is 12.4. The molecular weight excluding hydrogens is 575 g/mol. The van der Waals surface area contributed by atoms with Gasteiger partial charge in [-0.3, -0.25) is 9.52 Å². The quantitative estimate of drug-likeness (QED) is 0.453. The van der Waals surface area contributed by atoms with Crippen LogP contribution in [-0.2, 0) is 14.8 Å². The summed E-state index contributed by atoms with van der Waals surface area (Å²) in [5.41, 5.74) is 2.82. The molecule has 42 heavy (non-hydrogen) atoms. The van der Waals surface area contributed by atoms with Gasteiger partial charge < -0.3 is 25.1 Å². The van der Waals surface area contributed by atoms with Gasteiger partial charge in [0.05, 0.1) is 16.3 Å². The molecule has 2 heterocycles. The summed E-state index contributed by atoms with van der Waals surface area (Å²) in [5, 5.41) is 10.5. The first-order valence-electron chi connectivity index (χ1n) is 13.7. The van der Waals surface area contributed by atoms with E-state index in [1.807, 2.05) is 29.2 Å². The summed E-state index contributed by atoms with van der Waals surface area (Å²) in [6.07, 6.45) is -4.16. The van der Waals surface area contributed by atoms with Crippen molar-refractivity contribution in [3.8, 4) is 0 Å². The zero-order chi connectivity index (χ0) is 31.1. The maximum atomic E-state index is 13.3. The summed E-state index contributed by atoms with van der Waals surface area (Å²) in [6.45, 7) is 10.5. The van der Waals surface area contributed by atoms with Crippen molar-refractivity contribution in [3.05, 3.63) is 53.6 Å². The first kappa shape index (κ1) is 33.1. The Labute approximate surface area is 244 Å². The Morgan fingerprint density at radius 2 is 1.57 bits per heavy atom. The van der Waals surface area contributed by atoms with Gasteiger partial charge in [0.25, 0.3) is 15.9 Å². The van der Waals surface area contributed by atoms with Gasteiger partial charge in [-0.1, -0.05) is 26.0 Å². The average molecular weight is 614 g/mol. The Morgan fingerprint density at radius 1 is 0.952 bits per heavy atom. The van der Waals surface area contributed by atoms with E-state index in [1.54, 1.807) is 18.2 Å². The Kier molecular flexibility index (Phi) is 11.2. The van der Waals surface area contributed by atoms with E-state index < -0.39 is 22.2 Å². The van der Waals surface area contributed by atoms with Crippen LogP contribution in [0.4, 0.5) is 24.5 Å². The number of aliphatic carboxylic acids is 1. The number of carbonyl (C=O) groups is 2. The van der Waals surface area contributed by atoms with Gasteiger partial charge >= 0.3 is 12.1 Å². The highest BCUT2D eigenvalue weighted by Crippen LogP contribution is 2.31. The normalized spacial score (nSPS) is 16.8.